The third kappa shape index (κ3) is 10.4. The topological polar surface area (TPSA) is 44.8 Å². The molecule has 49 heavy (non-hydrogen) atoms. The normalized spacial score (nSPS) is 13.9. The van der Waals surface area contributed by atoms with Crippen LogP contribution in [-0.2, 0) is 54.0 Å². The summed E-state index contributed by atoms with van der Waals surface area (Å²) in [6.07, 6.45) is 0. The fourth-order valence-corrected chi connectivity index (χ4v) is 8.16. The summed E-state index contributed by atoms with van der Waals surface area (Å²) in [5.41, 5.74) is 4.92. The first-order valence-electron chi connectivity index (χ1n) is 17.3. The third-order valence-electron chi connectivity index (χ3n) is 8.69. The van der Waals surface area contributed by atoms with Gasteiger partial charge in [0.15, 0.2) is 0 Å². The van der Waals surface area contributed by atoms with Crippen molar-refractivity contribution in [2.75, 3.05) is 0 Å². The number of halogens is 1. The van der Waals surface area contributed by atoms with Gasteiger partial charge < -0.3 is 0 Å². The van der Waals surface area contributed by atoms with Crippen LogP contribution < -0.4 is 17.6 Å². The summed E-state index contributed by atoms with van der Waals surface area (Å²) in [6.45, 7) is 38.8. The Morgan fingerprint density at radius 3 is 1.12 bits per heavy atom. The molecule has 3 aromatic carbocycles. The van der Waals surface area contributed by atoms with Crippen molar-refractivity contribution in [1.82, 2.24) is 0 Å². The molecule has 0 unspecified atom stereocenters. The molecule has 0 aliphatic rings. The van der Waals surface area contributed by atoms with Crippen molar-refractivity contribution in [3.05, 3.63) is 81.9 Å². The second-order valence-corrected chi connectivity index (χ2v) is 22.8. The average molecular weight is 804 g/mol. The molecule has 0 spiro atoms. The molecule has 3 rings (SSSR count). The van der Waals surface area contributed by atoms with E-state index in [9.17, 15) is 0 Å². The number of phosphoric acid groups is 1. The number of rotatable bonds is 7. The van der Waals surface area contributed by atoms with Crippen molar-refractivity contribution in [3.63, 3.8) is 0 Å². The first-order chi connectivity index (χ1) is 21.9. The Kier molecular flexibility index (Phi) is 11.9. The zero-order chi connectivity index (χ0) is 37.8. The molecule has 0 radical (unpaired) electrons. The minimum atomic E-state index is -4.43. The van der Waals surface area contributed by atoms with Gasteiger partial charge in [-0.2, -0.15) is 0 Å². The van der Waals surface area contributed by atoms with Crippen molar-refractivity contribution in [1.29, 1.82) is 0 Å². The molecule has 0 heterocycles. The number of benzene rings is 3. The average Bonchev–Trinajstić information content (AvgIpc) is 2.89. The molecular formula is C42H62ClO4PPd. The van der Waals surface area contributed by atoms with E-state index in [1.165, 1.54) is 0 Å². The van der Waals surface area contributed by atoms with Crippen LogP contribution >= 0.6 is 17.4 Å². The van der Waals surface area contributed by atoms with Crippen LogP contribution in [0.5, 0.6) is 17.2 Å². The standard InChI is InChI=1S/C42H62O4P.ClH.Pd/c1-37(2,3)28-19-22-34(31(25-28)40(10,11)12)44-47(43,45-35-23-20-29(38(4,5)6)26-32(35)41(13,14)15)46-36-24-21-30(39(7,8)9)27-33(36)42(16,17)18;;/h19-23,25-27H,1-18H3;1H;/q;;+1/p-1. The Morgan fingerprint density at radius 2 is 0.816 bits per heavy atom. The van der Waals surface area contributed by atoms with Crippen LogP contribution in [0.4, 0.5) is 0 Å². The number of hydrogen-bond acceptors (Lipinski definition) is 4. The van der Waals surface area contributed by atoms with E-state index in [4.69, 9.17) is 23.1 Å². The number of phosphoric ester groups is 1. The van der Waals surface area contributed by atoms with Crippen molar-refractivity contribution < 1.29 is 35.1 Å². The molecule has 0 amide bonds. The Hall–Kier alpha value is -1.76. The Labute approximate surface area is 311 Å². The molecule has 0 aromatic heterocycles. The van der Waals surface area contributed by atoms with Gasteiger partial charge in [0.1, 0.15) is 0 Å². The van der Waals surface area contributed by atoms with Crippen molar-refractivity contribution >= 4 is 21.4 Å². The van der Waals surface area contributed by atoms with Gasteiger partial charge in [0.2, 0.25) is 0 Å². The predicted molar refractivity (Wildman–Crippen MR) is 207 cm³/mol. The van der Waals surface area contributed by atoms with Crippen molar-refractivity contribution in [3.8, 4) is 17.2 Å². The van der Waals surface area contributed by atoms with Crippen LogP contribution in [-0.4, -0.2) is 0 Å². The molecule has 0 saturated heterocycles. The van der Waals surface area contributed by atoms with Crippen molar-refractivity contribution in [2.45, 2.75) is 157 Å². The van der Waals surface area contributed by atoms with Gasteiger partial charge in [0.25, 0.3) is 0 Å². The van der Waals surface area contributed by atoms with E-state index in [-0.39, 0.29) is 49.4 Å². The van der Waals surface area contributed by atoms with Gasteiger partial charge in [-0.15, -0.1) is 0 Å². The second-order valence-electron chi connectivity index (χ2n) is 19.5. The number of hydrogen-bond donors (Lipinski definition) is 0. The fraction of sp³-hybridized carbons (Fsp3) is 0.571. The van der Waals surface area contributed by atoms with E-state index in [2.05, 4.69) is 149 Å². The SMILES string of the molecule is CC(C)(C)c1ccc(OP(=O)(Oc2ccc(C(C)(C)C)cc2C(C)(C)C)Oc2[c]([Pd][Cl])cc(C(C)(C)C)cc2C(C)(C)C)c(C(C)(C)C)c1. The van der Waals surface area contributed by atoms with E-state index < -0.39 is 7.82 Å². The van der Waals surface area contributed by atoms with Gasteiger partial charge in [-0.1, -0.05) is 0 Å². The Morgan fingerprint density at radius 1 is 0.469 bits per heavy atom. The summed E-state index contributed by atoms with van der Waals surface area (Å²) in [5.74, 6) is 1.39. The predicted octanol–water partition coefficient (Wildman–Crippen LogP) is 13.0. The summed E-state index contributed by atoms with van der Waals surface area (Å²) in [5, 5.41) is 0. The molecule has 276 valence electrons. The molecule has 4 nitrogen and oxygen atoms in total. The summed E-state index contributed by atoms with van der Waals surface area (Å²) in [7, 11) is 2.28. The van der Waals surface area contributed by atoms with Gasteiger partial charge in [-0.05, 0) is 0 Å². The Balaban J connectivity index is 2.39. The second kappa shape index (κ2) is 14.0. The van der Waals surface area contributed by atoms with Gasteiger partial charge in [-0.25, -0.2) is 0 Å². The molecule has 0 aliphatic carbocycles. The Bertz CT molecular complexity index is 1620. The zero-order valence-electron chi connectivity index (χ0n) is 33.4. The molecule has 0 saturated carbocycles. The van der Waals surface area contributed by atoms with E-state index in [0.717, 1.165) is 37.4 Å². The quantitative estimate of drug-likeness (QED) is 0.176. The van der Waals surface area contributed by atoms with Crippen LogP contribution in [0, 0.1) is 0 Å². The minimum absolute atomic E-state index is 0.0844. The van der Waals surface area contributed by atoms with E-state index >= 15 is 4.57 Å². The van der Waals surface area contributed by atoms with Gasteiger partial charge in [-0.3, -0.25) is 0 Å². The maximum atomic E-state index is 15.6. The summed E-state index contributed by atoms with van der Waals surface area (Å²) in [4.78, 5) is 0. The van der Waals surface area contributed by atoms with Gasteiger partial charge in [0, 0.05) is 0 Å². The maximum absolute atomic E-state index is 15.6. The van der Waals surface area contributed by atoms with Crippen LogP contribution in [0.1, 0.15) is 158 Å². The van der Waals surface area contributed by atoms with Gasteiger partial charge >= 0.3 is 313 Å². The molecule has 0 aliphatic heterocycles. The zero-order valence-corrected chi connectivity index (χ0v) is 36.6. The van der Waals surface area contributed by atoms with Crippen LogP contribution in [0.3, 0.4) is 0 Å². The van der Waals surface area contributed by atoms with Crippen LogP contribution in [0.15, 0.2) is 48.5 Å². The third-order valence-corrected chi connectivity index (χ3v) is 11.6. The molecule has 0 bridgehead atoms. The molecule has 7 heteroatoms. The van der Waals surface area contributed by atoms with E-state index in [1.54, 1.807) is 0 Å². The van der Waals surface area contributed by atoms with Crippen molar-refractivity contribution in [2.24, 2.45) is 0 Å². The van der Waals surface area contributed by atoms with E-state index in [1.807, 2.05) is 24.3 Å². The summed E-state index contributed by atoms with van der Waals surface area (Å²) in [6, 6.07) is 16.4. The van der Waals surface area contributed by atoms with Crippen LogP contribution in [0.2, 0.25) is 0 Å². The van der Waals surface area contributed by atoms with Crippen LogP contribution in [0.25, 0.3) is 0 Å². The first-order valence-corrected chi connectivity index (χ1v) is 21.5. The fourth-order valence-electron chi connectivity index (χ4n) is 5.43. The van der Waals surface area contributed by atoms with Gasteiger partial charge in [0.05, 0.1) is 0 Å². The van der Waals surface area contributed by atoms with E-state index in [0.29, 0.717) is 17.2 Å². The molecule has 0 fully saturated rings. The first kappa shape index (κ1) is 41.7. The molecule has 3 aromatic rings. The summed E-state index contributed by atoms with van der Waals surface area (Å²) < 4.78 is 36.4. The molecule has 0 N–H and O–H groups in total. The summed E-state index contributed by atoms with van der Waals surface area (Å²) >= 11 is -0.357. The molecule has 0 atom stereocenters. The monoisotopic (exact) mass is 802 g/mol. The molecular weight excluding hydrogens is 741 g/mol.